The van der Waals surface area contributed by atoms with E-state index in [9.17, 15) is 8.42 Å². The summed E-state index contributed by atoms with van der Waals surface area (Å²) < 4.78 is 40.1. The second kappa shape index (κ2) is 5.22. The molecule has 0 saturated carbocycles. The van der Waals surface area contributed by atoms with Crippen LogP contribution in [-0.4, -0.2) is 34.2 Å². The summed E-state index contributed by atoms with van der Waals surface area (Å²) in [4.78, 5) is 7.74. The van der Waals surface area contributed by atoms with Gasteiger partial charge in [0.25, 0.3) is 10.0 Å². The Balaban J connectivity index is 1.98. The van der Waals surface area contributed by atoms with Gasteiger partial charge in [0.1, 0.15) is 15.9 Å². The Hall–Kier alpha value is -2.33. The zero-order valence-corrected chi connectivity index (χ0v) is 12.3. The molecule has 0 atom stereocenters. The average molecular weight is 323 g/mol. The Bertz CT molecular complexity index is 876. The molecule has 21 heavy (non-hydrogen) atoms. The van der Waals surface area contributed by atoms with Crippen molar-refractivity contribution in [2.24, 2.45) is 0 Å². The summed E-state index contributed by atoms with van der Waals surface area (Å²) in [6.45, 7) is 0. The van der Waals surface area contributed by atoms with Crippen molar-refractivity contribution in [2.45, 2.75) is 4.90 Å². The lowest BCUT2D eigenvalue weighted by molar-refractivity contribution is 0.380. The number of ether oxygens (including phenoxy) is 1. The summed E-state index contributed by atoms with van der Waals surface area (Å²) in [7, 11) is -2.37. The number of hydrogen-bond donors (Lipinski definition) is 1. The summed E-state index contributed by atoms with van der Waals surface area (Å²) in [5.41, 5.74) is 1.11. The first kappa shape index (κ1) is 13.6. The van der Waals surface area contributed by atoms with Gasteiger partial charge in [0, 0.05) is 0 Å². The molecule has 0 radical (unpaired) electrons. The Morgan fingerprint density at radius 1 is 1.19 bits per heavy atom. The smallest absolute Gasteiger partial charge is 0.316 e. The molecule has 0 aliphatic rings. The normalized spacial score (nSPS) is 11.5. The molecule has 0 unspecified atom stereocenters. The number of anilines is 1. The van der Waals surface area contributed by atoms with Crippen molar-refractivity contribution in [3.8, 4) is 6.01 Å². The van der Waals surface area contributed by atoms with Crippen LogP contribution in [0.3, 0.4) is 0 Å². The molecule has 0 fully saturated rings. The van der Waals surface area contributed by atoms with Crippen LogP contribution >= 0.6 is 11.7 Å². The van der Waals surface area contributed by atoms with Crippen molar-refractivity contribution in [3.63, 3.8) is 0 Å². The monoisotopic (exact) mass is 323 g/mol. The lowest BCUT2D eigenvalue weighted by atomic mass is 10.3. The minimum Gasteiger partial charge on any atom is -0.467 e. The molecule has 2 aromatic heterocycles. The first-order valence-corrected chi connectivity index (χ1v) is 7.91. The number of nitrogens with zero attached hydrogens (tertiary/aromatic N) is 4. The molecule has 0 spiro atoms. The van der Waals surface area contributed by atoms with E-state index in [0.29, 0.717) is 11.0 Å². The number of benzene rings is 1. The van der Waals surface area contributed by atoms with Crippen LogP contribution in [0.4, 0.5) is 5.69 Å². The van der Waals surface area contributed by atoms with Crippen LogP contribution in [-0.2, 0) is 10.0 Å². The maximum absolute atomic E-state index is 12.4. The minimum absolute atomic E-state index is 0.0598. The first-order chi connectivity index (χ1) is 10.1. The van der Waals surface area contributed by atoms with E-state index in [1.54, 1.807) is 12.1 Å². The van der Waals surface area contributed by atoms with Gasteiger partial charge in [-0.25, -0.2) is 18.4 Å². The van der Waals surface area contributed by atoms with E-state index in [0.717, 1.165) is 11.7 Å². The van der Waals surface area contributed by atoms with Crippen LogP contribution in [0.1, 0.15) is 0 Å². The predicted octanol–water partition coefficient (Wildman–Crippen LogP) is 1.29. The van der Waals surface area contributed by atoms with Crippen molar-refractivity contribution in [3.05, 3.63) is 30.6 Å². The van der Waals surface area contributed by atoms with Gasteiger partial charge in [0.15, 0.2) is 0 Å². The van der Waals surface area contributed by atoms with E-state index in [1.807, 2.05) is 0 Å². The third kappa shape index (κ3) is 2.62. The molecular formula is C11H9N5O3S2. The molecule has 8 nitrogen and oxygen atoms in total. The number of sulfonamides is 1. The highest BCUT2D eigenvalue weighted by atomic mass is 32.2. The summed E-state index contributed by atoms with van der Waals surface area (Å²) in [5, 5.41) is 0. The Morgan fingerprint density at radius 2 is 1.95 bits per heavy atom. The highest BCUT2D eigenvalue weighted by Crippen LogP contribution is 2.23. The Kier molecular flexibility index (Phi) is 3.39. The minimum atomic E-state index is -3.80. The zero-order valence-electron chi connectivity index (χ0n) is 10.7. The SMILES string of the molecule is COc1ncc(NS(=O)(=O)c2cccc3nsnc23)cn1. The molecule has 108 valence electrons. The molecule has 3 aromatic rings. The standard InChI is InChI=1S/C11H9N5O3S2/c1-19-11-12-5-7(6-13-11)16-21(17,18)9-4-2-3-8-10(9)15-20-14-8/h2-6,16H,1H3. The quantitative estimate of drug-likeness (QED) is 0.771. The number of nitrogens with one attached hydrogen (secondary N) is 1. The number of methoxy groups -OCH3 is 1. The van der Waals surface area contributed by atoms with Gasteiger partial charge in [0.05, 0.1) is 36.9 Å². The van der Waals surface area contributed by atoms with E-state index in [-0.39, 0.29) is 16.6 Å². The van der Waals surface area contributed by atoms with Gasteiger partial charge in [-0.3, -0.25) is 4.72 Å². The molecule has 0 aliphatic carbocycles. The molecule has 1 N–H and O–H groups in total. The summed E-state index contributed by atoms with van der Waals surface area (Å²) in [6.07, 6.45) is 2.64. The number of aromatic nitrogens is 4. The highest BCUT2D eigenvalue weighted by molar-refractivity contribution is 7.93. The molecule has 0 aliphatic heterocycles. The van der Waals surface area contributed by atoms with Crippen LogP contribution in [0.15, 0.2) is 35.5 Å². The maximum Gasteiger partial charge on any atom is 0.316 e. The second-order valence-corrected chi connectivity index (χ2v) is 6.13. The number of hydrogen-bond acceptors (Lipinski definition) is 8. The van der Waals surface area contributed by atoms with Gasteiger partial charge < -0.3 is 4.74 Å². The summed E-state index contributed by atoms with van der Waals surface area (Å²) in [5.74, 6) is 0. The molecule has 1 aromatic carbocycles. The van der Waals surface area contributed by atoms with Crippen molar-refractivity contribution in [2.75, 3.05) is 11.8 Å². The molecule has 0 bridgehead atoms. The lowest BCUT2D eigenvalue weighted by Gasteiger charge is -2.07. The van der Waals surface area contributed by atoms with E-state index in [4.69, 9.17) is 4.74 Å². The van der Waals surface area contributed by atoms with E-state index >= 15 is 0 Å². The summed E-state index contributed by atoms with van der Waals surface area (Å²) in [6, 6.07) is 4.94. The van der Waals surface area contributed by atoms with Crippen LogP contribution in [0, 0.1) is 0 Å². The molecule has 2 heterocycles. The first-order valence-electron chi connectivity index (χ1n) is 5.70. The Morgan fingerprint density at radius 3 is 2.67 bits per heavy atom. The number of rotatable bonds is 4. The zero-order chi connectivity index (χ0) is 14.9. The lowest BCUT2D eigenvalue weighted by Crippen LogP contribution is -2.14. The third-order valence-electron chi connectivity index (χ3n) is 2.60. The molecular weight excluding hydrogens is 314 g/mol. The van der Waals surface area contributed by atoms with Gasteiger partial charge >= 0.3 is 6.01 Å². The topological polar surface area (TPSA) is 107 Å². The van der Waals surface area contributed by atoms with Crippen LogP contribution in [0.5, 0.6) is 6.01 Å². The third-order valence-corrected chi connectivity index (χ3v) is 4.56. The van der Waals surface area contributed by atoms with E-state index in [2.05, 4.69) is 23.4 Å². The van der Waals surface area contributed by atoms with Gasteiger partial charge in [-0.15, -0.1) is 0 Å². The van der Waals surface area contributed by atoms with Crippen LogP contribution < -0.4 is 9.46 Å². The fourth-order valence-corrected chi connectivity index (χ4v) is 3.48. The van der Waals surface area contributed by atoms with Crippen LogP contribution in [0.2, 0.25) is 0 Å². The highest BCUT2D eigenvalue weighted by Gasteiger charge is 2.19. The van der Waals surface area contributed by atoms with Crippen molar-refractivity contribution in [1.82, 2.24) is 18.7 Å². The van der Waals surface area contributed by atoms with Gasteiger partial charge in [-0.05, 0) is 12.1 Å². The maximum atomic E-state index is 12.4. The number of fused-ring (bicyclic) bond motifs is 1. The van der Waals surface area contributed by atoms with Crippen molar-refractivity contribution in [1.29, 1.82) is 0 Å². The summed E-state index contributed by atoms with van der Waals surface area (Å²) >= 11 is 0.961. The molecule has 0 amide bonds. The fraction of sp³-hybridized carbons (Fsp3) is 0.0909. The molecule has 0 saturated heterocycles. The van der Waals surface area contributed by atoms with Crippen molar-refractivity contribution < 1.29 is 13.2 Å². The van der Waals surface area contributed by atoms with Gasteiger partial charge in [-0.2, -0.15) is 8.75 Å². The fourth-order valence-electron chi connectivity index (χ4n) is 1.68. The predicted molar refractivity (Wildman–Crippen MR) is 76.8 cm³/mol. The van der Waals surface area contributed by atoms with Crippen LogP contribution in [0.25, 0.3) is 11.0 Å². The van der Waals surface area contributed by atoms with Crippen molar-refractivity contribution >= 4 is 38.5 Å². The van der Waals surface area contributed by atoms with E-state index < -0.39 is 10.0 Å². The van der Waals surface area contributed by atoms with Gasteiger partial charge in [-0.1, -0.05) is 6.07 Å². The molecule has 3 rings (SSSR count). The average Bonchev–Trinajstić information content (AvgIpc) is 2.95. The van der Waals surface area contributed by atoms with Gasteiger partial charge in [0.2, 0.25) is 0 Å². The Labute approximate surface area is 124 Å². The van der Waals surface area contributed by atoms with E-state index in [1.165, 1.54) is 25.6 Å². The largest absolute Gasteiger partial charge is 0.467 e. The molecule has 10 heteroatoms. The second-order valence-electron chi connectivity index (χ2n) is 3.95.